The molecular formula is C21H33NO2. The van der Waals surface area contributed by atoms with Gasteiger partial charge >= 0.3 is 0 Å². The Bertz CT molecular complexity index is 469. The lowest BCUT2D eigenvalue weighted by Crippen LogP contribution is -2.13. The van der Waals surface area contributed by atoms with Gasteiger partial charge in [-0.05, 0) is 56.1 Å². The zero-order valence-corrected chi connectivity index (χ0v) is 15.2. The van der Waals surface area contributed by atoms with Crippen LogP contribution in [0.4, 0.5) is 0 Å². The van der Waals surface area contributed by atoms with Crippen LogP contribution in [0.2, 0.25) is 0 Å². The Morgan fingerprint density at radius 2 is 1.92 bits per heavy atom. The van der Waals surface area contributed by atoms with E-state index in [2.05, 4.69) is 17.3 Å². The summed E-state index contributed by atoms with van der Waals surface area (Å²) in [6.45, 7) is 3.75. The van der Waals surface area contributed by atoms with Crippen molar-refractivity contribution in [1.82, 2.24) is 0 Å². The van der Waals surface area contributed by atoms with Gasteiger partial charge in [0.1, 0.15) is 6.04 Å². The topological polar surface area (TPSA) is 38.7 Å². The number of benzene rings is 1. The monoisotopic (exact) mass is 331 g/mol. The van der Waals surface area contributed by atoms with Crippen LogP contribution in [0.25, 0.3) is 0 Å². The molecule has 0 aromatic heterocycles. The summed E-state index contributed by atoms with van der Waals surface area (Å²) in [5, 5.41) is 3.11. The normalized spacial score (nSPS) is 16.9. The Labute approximate surface area is 147 Å². The maximum Gasteiger partial charge on any atom is 0.114 e. The molecule has 3 heteroatoms. The molecule has 1 saturated carbocycles. The minimum Gasteiger partial charge on any atom is -0.381 e. The first-order chi connectivity index (χ1) is 11.8. The van der Waals surface area contributed by atoms with Gasteiger partial charge in [0.15, 0.2) is 0 Å². The fraction of sp³-hybridized carbons (Fsp3) is 0.714. The van der Waals surface area contributed by atoms with Crippen LogP contribution in [-0.2, 0) is 11.2 Å². The molecule has 0 bridgehead atoms. The highest BCUT2D eigenvalue weighted by Crippen LogP contribution is 2.23. The summed E-state index contributed by atoms with van der Waals surface area (Å²) in [5.74, 6) is 0.828. The third-order valence-electron chi connectivity index (χ3n) is 5.17. The van der Waals surface area contributed by atoms with Gasteiger partial charge in [0.25, 0.3) is 0 Å². The molecule has 24 heavy (non-hydrogen) atoms. The van der Waals surface area contributed by atoms with Crippen LogP contribution in [0.15, 0.2) is 29.4 Å². The fourth-order valence-electron chi connectivity index (χ4n) is 3.56. The summed E-state index contributed by atoms with van der Waals surface area (Å²) in [4.78, 5) is 10.6. The number of rotatable bonds is 11. The molecule has 0 aliphatic heterocycles. The van der Waals surface area contributed by atoms with E-state index in [9.17, 15) is 4.91 Å². The van der Waals surface area contributed by atoms with Gasteiger partial charge in [0, 0.05) is 13.2 Å². The van der Waals surface area contributed by atoms with Gasteiger partial charge in [-0.2, -0.15) is 4.91 Å². The number of unbranched alkanes of at least 4 members (excludes halogenated alkanes) is 3. The molecule has 1 aliphatic carbocycles. The fourth-order valence-corrected chi connectivity index (χ4v) is 3.56. The van der Waals surface area contributed by atoms with Crippen LogP contribution >= 0.6 is 0 Å². The van der Waals surface area contributed by atoms with E-state index < -0.39 is 0 Å². The third kappa shape index (κ3) is 7.12. The Kier molecular flexibility index (Phi) is 9.04. The van der Waals surface area contributed by atoms with E-state index in [1.54, 1.807) is 0 Å². The lowest BCUT2D eigenvalue weighted by atomic mass is 9.90. The van der Waals surface area contributed by atoms with Crippen molar-refractivity contribution in [3.05, 3.63) is 40.3 Å². The average molecular weight is 332 g/mol. The highest BCUT2D eigenvalue weighted by molar-refractivity contribution is 5.25. The number of ether oxygens (including phenoxy) is 1. The van der Waals surface area contributed by atoms with Crippen molar-refractivity contribution >= 4 is 0 Å². The van der Waals surface area contributed by atoms with E-state index in [0.717, 1.165) is 31.1 Å². The van der Waals surface area contributed by atoms with Crippen molar-refractivity contribution in [1.29, 1.82) is 0 Å². The SMILES string of the molecule is CC(N=O)c1cccc(CCCCCCOCC2CCCCC2)c1. The maximum absolute atomic E-state index is 10.6. The van der Waals surface area contributed by atoms with E-state index in [1.807, 2.05) is 19.1 Å². The zero-order chi connectivity index (χ0) is 17.0. The Hall–Kier alpha value is -1.22. The molecule has 1 atom stereocenters. The Morgan fingerprint density at radius 1 is 1.12 bits per heavy atom. The van der Waals surface area contributed by atoms with Crippen molar-refractivity contribution in [2.24, 2.45) is 11.1 Å². The number of hydrogen-bond donors (Lipinski definition) is 0. The second-order valence-electron chi connectivity index (χ2n) is 7.27. The van der Waals surface area contributed by atoms with Gasteiger partial charge < -0.3 is 4.74 Å². The molecular weight excluding hydrogens is 298 g/mol. The summed E-state index contributed by atoms with van der Waals surface area (Å²) in [5.41, 5.74) is 2.34. The summed E-state index contributed by atoms with van der Waals surface area (Å²) >= 11 is 0. The first kappa shape index (κ1) is 19.1. The van der Waals surface area contributed by atoms with Gasteiger partial charge in [0.05, 0.1) is 0 Å². The van der Waals surface area contributed by atoms with E-state index in [4.69, 9.17) is 4.74 Å². The predicted molar refractivity (Wildman–Crippen MR) is 100 cm³/mol. The van der Waals surface area contributed by atoms with Crippen LogP contribution in [0.5, 0.6) is 0 Å². The van der Waals surface area contributed by atoms with Crippen LogP contribution < -0.4 is 0 Å². The third-order valence-corrected chi connectivity index (χ3v) is 5.17. The minimum absolute atomic E-state index is 0.244. The van der Waals surface area contributed by atoms with Crippen molar-refractivity contribution in [2.75, 3.05) is 13.2 Å². The van der Waals surface area contributed by atoms with Crippen molar-refractivity contribution in [3.8, 4) is 0 Å². The van der Waals surface area contributed by atoms with Gasteiger partial charge in [-0.15, -0.1) is 0 Å². The standard InChI is InChI=1S/C21H33NO2/c1-18(22-23)21-14-9-13-19(16-21)10-5-2-3-8-15-24-17-20-11-6-4-7-12-20/h9,13-14,16,18,20H,2-8,10-12,15,17H2,1H3. The van der Waals surface area contributed by atoms with Crippen molar-refractivity contribution in [2.45, 2.75) is 77.2 Å². The maximum atomic E-state index is 10.6. The molecule has 3 nitrogen and oxygen atoms in total. The van der Waals surface area contributed by atoms with E-state index in [-0.39, 0.29) is 6.04 Å². The largest absolute Gasteiger partial charge is 0.381 e. The van der Waals surface area contributed by atoms with Gasteiger partial charge in [0.2, 0.25) is 0 Å². The number of nitrogens with zero attached hydrogens (tertiary/aromatic N) is 1. The van der Waals surface area contributed by atoms with Gasteiger partial charge in [-0.3, -0.25) is 0 Å². The highest BCUT2D eigenvalue weighted by Gasteiger charge is 2.12. The molecule has 0 spiro atoms. The lowest BCUT2D eigenvalue weighted by Gasteiger charge is -2.21. The average Bonchev–Trinajstić information content (AvgIpc) is 2.64. The Balaban J connectivity index is 1.50. The van der Waals surface area contributed by atoms with Crippen LogP contribution in [0, 0.1) is 10.8 Å². The van der Waals surface area contributed by atoms with Crippen LogP contribution in [0.3, 0.4) is 0 Å². The first-order valence-electron chi connectivity index (χ1n) is 9.78. The summed E-state index contributed by atoms with van der Waals surface area (Å²) in [6, 6.07) is 8.05. The van der Waals surface area contributed by atoms with Gasteiger partial charge in [-0.1, -0.05) is 61.5 Å². The molecule has 0 N–H and O–H groups in total. The smallest absolute Gasteiger partial charge is 0.114 e. The molecule has 1 aliphatic rings. The van der Waals surface area contributed by atoms with Crippen LogP contribution in [0.1, 0.15) is 81.9 Å². The van der Waals surface area contributed by atoms with Gasteiger partial charge in [-0.25, -0.2) is 0 Å². The second-order valence-corrected chi connectivity index (χ2v) is 7.27. The summed E-state index contributed by atoms with van der Waals surface area (Å²) < 4.78 is 5.85. The molecule has 0 saturated heterocycles. The molecule has 2 rings (SSSR count). The van der Waals surface area contributed by atoms with E-state index in [0.29, 0.717) is 0 Å². The highest BCUT2D eigenvalue weighted by atomic mass is 16.5. The molecule has 0 heterocycles. The minimum atomic E-state index is -0.244. The first-order valence-corrected chi connectivity index (χ1v) is 9.78. The number of nitroso groups, excluding NO2 is 1. The Morgan fingerprint density at radius 3 is 2.71 bits per heavy atom. The van der Waals surface area contributed by atoms with Crippen molar-refractivity contribution in [3.63, 3.8) is 0 Å². The van der Waals surface area contributed by atoms with Crippen LogP contribution in [-0.4, -0.2) is 13.2 Å². The molecule has 134 valence electrons. The quantitative estimate of drug-likeness (QED) is 0.357. The molecule has 1 aromatic rings. The second kappa shape index (κ2) is 11.4. The van der Waals surface area contributed by atoms with E-state index in [1.165, 1.54) is 63.4 Å². The van der Waals surface area contributed by atoms with E-state index >= 15 is 0 Å². The predicted octanol–water partition coefficient (Wildman–Crippen LogP) is 6.21. The van der Waals surface area contributed by atoms with Crippen molar-refractivity contribution < 1.29 is 4.74 Å². The molecule has 0 amide bonds. The summed E-state index contributed by atoms with van der Waals surface area (Å²) in [7, 11) is 0. The molecule has 1 aromatic carbocycles. The molecule has 1 unspecified atom stereocenters. The lowest BCUT2D eigenvalue weighted by molar-refractivity contribution is 0.0824. The number of aryl methyl sites for hydroxylation is 1. The zero-order valence-electron chi connectivity index (χ0n) is 15.2. The molecule has 1 fully saturated rings. The summed E-state index contributed by atoms with van der Waals surface area (Å²) in [6.07, 6.45) is 12.9. The number of hydrogen-bond acceptors (Lipinski definition) is 3. The molecule has 0 radical (unpaired) electrons.